The molecule has 480 valence electrons. The lowest BCUT2D eigenvalue weighted by Gasteiger charge is -2.21. The predicted octanol–water partition coefficient (Wildman–Crippen LogP) is 10.3. The van der Waals surface area contributed by atoms with E-state index in [1.807, 2.05) is 0 Å². The van der Waals surface area contributed by atoms with Crippen LogP contribution < -0.4 is 14.2 Å². The standard InChI is InChI=1S/C68H91N3O17/c1-10-50-45(4)56-42-58-51(11-2)46(5)65(70-58)53(15-13-12-14-16-62(73)74)66-47(6)52(67(71-66)55-41-59(72)64-44(3)49(39-54(55)64)40-57(50)69-56)17-18-63(75)88-43-48-37-60(85-34-31-82-28-25-79-22-19-76-7)68(87-36-33-84-30-27-81-24-21-78-9)61(38-48)86-35-32-83-29-26-80-23-20-77-8/h37-38,40,42,47,52,72H,10-12,14,16-36,39,41,43H2,1-9H3,(H,73,74)/t47-,52-/m0/s1. The Morgan fingerprint density at radius 2 is 1.16 bits per heavy atom. The number of nitrogens with zero attached hydrogens (tertiary/aromatic N) is 3. The van der Waals surface area contributed by atoms with Crippen LogP contribution in [0.25, 0.3) is 0 Å². The van der Waals surface area contributed by atoms with Gasteiger partial charge in [-0.05, 0) is 127 Å². The third-order valence-electron chi connectivity index (χ3n) is 15.9. The van der Waals surface area contributed by atoms with Crippen molar-refractivity contribution in [1.29, 1.82) is 0 Å². The first-order valence-electron chi connectivity index (χ1n) is 30.9. The average molecular weight is 1220 g/mol. The number of aliphatic hydroxyl groups excluding tert-OH is 1. The van der Waals surface area contributed by atoms with Crippen LogP contribution in [0.5, 0.6) is 17.2 Å². The molecule has 1 aromatic rings. The highest BCUT2D eigenvalue weighted by Gasteiger charge is 2.42. The molecule has 0 saturated carbocycles. The van der Waals surface area contributed by atoms with Gasteiger partial charge in [0.1, 0.15) is 32.2 Å². The Kier molecular flexibility index (Phi) is 28.4. The van der Waals surface area contributed by atoms with Crippen LogP contribution in [0.1, 0.15) is 105 Å². The van der Waals surface area contributed by atoms with Gasteiger partial charge < -0.3 is 71.8 Å². The van der Waals surface area contributed by atoms with E-state index in [1.165, 1.54) is 5.57 Å². The number of carbonyl (C=O) groups excluding carboxylic acids is 1. The van der Waals surface area contributed by atoms with Crippen LogP contribution in [-0.4, -0.2) is 180 Å². The first kappa shape index (κ1) is 69.0. The molecule has 2 aliphatic carbocycles. The maximum Gasteiger partial charge on any atom is 0.306 e. The molecule has 20 heteroatoms. The first-order valence-corrected chi connectivity index (χ1v) is 30.9. The van der Waals surface area contributed by atoms with Crippen LogP contribution in [0.15, 0.2) is 118 Å². The number of carboxylic acids is 1. The van der Waals surface area contributed by atoms with Crippen molar-refractivity contribution in [3.8, 4) is 29.1 Å². The van der Waals surface area contributed by atoms with Crippen molar-refractivity contribution < 1.29 is 81.4 Å². The van der Waals surface area contributed by atoms with E-state index >= 15 is 0 Å². The molecule has 1 aromatic carbocycles. The molecule has 7 rings (SSSR count). The Morgan fingerprint density at radius 1 is 0.625 bits per heavy atom. The number of unbranched alkanes of at least 4 members (excludes halogenated alkanes) is 1. The van der Waals surface area contributed by atoms with Gasteiger partial charge in [0, 0.05) is 70.1 Å². The van der Waals surface area contributed by atoms with Crippen molar-refractivity contribution in [3.05, 3.63) is 108 Å². The second-order valence-electron chi connectivity index (χ2n) is 21.7. The normalized spacial score (nSPS) is 17.9. The van der Waals surface area contributed by atoms with Gasteiger partial charge in [-0.25, -0.2) is 9.98 Å². The summed E-state index contributed by atoms with van der Waals surface area (Å²) in [5.74, 6) is 6.25. The van der Waals surface area contributed by atoms with Gasteiger partial charge in [0.05, 0.1) is 133 Å². The van der Waals surface area contributed by atoms with Gasteiger partial charge in [0.2, 0.25) is 5.75 Å². The van der Waals surface area contributed by atoms with Crippen LogP contribution in [0, 0.1) is 23.7 Å². The number of aliphatic hydroxyl groups is 1. The van der Waals surface area contributed by atoms with Crippen LogP contribution in [-0.2, 0) is 63.6 Å². The predicted molar refractivity (Wildman–Crippen MR) is 335 cm³/mol. The third-order valence-corrected chi connectivity index (χ3v) is 15.9. The van der Waals surface area contributed by atoms with E-state index in [1.54, 1.807) is 33.5 Å². The molecule has 0 amide bonds. The summed E-state index contributed by atoms with van der Waals surface area (Å²) in [6.45, 7) is 18.9. The number of aliphatic carboxylic acids is 1. The summed E-state index contributed by atoms with van der Waals surface area (Å²) >= 11 is 0. The number of esters is 1. The molecule has 2 atom stereocenters. The maximum absolute atomic E-state index is 14.3. The van der Waals surface area contributed by atoms with E-state index in [0.717, 1.165) is 85.9 Å². The number of hydrogen-bond donors (Lipinski definition) is 2. The third kappa shape index (κ3) is 19.0. The minimum Gasteiger partial charge on any atom is -0.511 e. The molecule has 0 saturated heterocycles. The molecule has 0 unspecified atom stereocenters. The summed E-state index contributed by atoms with van der Waals surface area (Å²) < 4.78 is 74.5. The Bertz CT molecular complexity index is 3010. The summed E-state index contributed by atoms with van der Waals surface area (Å²) in [6, 6.07) is 3.54. The number of rotatable bonds is 40. The highest BCUT2D eigenvalue weighted by Crippen LogP contribution is 2.51. The van der Waals surface area contributed by atoms with E-state index in [4.69, 9.17) is 76.6 Å². The average Bonchev–Trinajstić information content (AvgIpc) is 1.63. The SMILES string of the molecule is CCC1=C(C)C2=NC1=CC1=C(C)C3=C(O)CC(=C3C1)C1=NC(=C(C#CCCCC(=O)O)C3=NC(=C2)C(CC)=C3C)[C@@H](C)[C@@H]1CCC(=O)OCc1cc(OCCOCCOCCOC)c(OCCOCCOCCOC)c(OCCOCCOCCOC)c1. The van der Waals surface area contributed by atoms with Gasteiger partial charge in [0.15, 0.2) is 11.5 Å². The van der Waals surface area contributed by atoms with Gasteiger partial charge >= 0.3 is 11.9 Å². The Balaban J connectivity index is 1.17. The summed E-state index contributed by atoms with van der Waals surface area (Å²) in [6.07, 6.45) is 7.83. The van der Waals surface area contributed by atoms with Crippen LogP contribution in [0.3, 0.4) is 0 Å². The van der Waals surface area contributed by atoms with Crippen LogP contribution in [0.2, 0.25) is 0 Å². The molecule has 0 spiro atoms. The Hall–Kier alpha value is -6.51. The monoisotopic (exact) mass is 1220 g/mol. The molecule has 88 heavy (non-hydrogen) atoms. The van der Waals surface area contributed by atoms with Crippen molar-refractivity contribution in [3.63, 3.8) is 0 Å². The highest BCUT2D eigenvalue weighted by atomic mass is 16.6. The second-order valence-corrected chi connectivity index (χ2v) is 21.7. The number of benzene rings is 1. The number of ether oxygens (including phenoxy) is 13. The van der Waals surface area contributed by atoms with Crippen molar-refractivity contribution in [2.24, 2.45) is 26.8 Å². The number of fused-ring (bicyclic) bond motifs is 5. The van der Waals surface area contributed by atoms with Crippen molar-refractivity contribution in [2.45, 2.75) is 106 Å². The fraction of sp³-hybridized carbons (Fsp3) is 0.574. The van der Waals surface area contributed by atoms with Gasteiger partial charge in [-0.15, -0.1) is 0 Å². The quantitative estimate of drug-likeness (QED) is 0.0353. The lowest BCUT2D eigenvalue weighted by atomic mass is 9.81. The number of aliphatic imine (C=N–C) groups is 3. The van der Waals surface area contributed by atoms with E-state index in [0.29, 0.717) is 151 Å². The summed E-state index contributed by atoms with van der Waals surface area (Å²) in [7, 11) is 4.86. The molecule has 2 N–H and O–H groups in total. The van der Waals surface area contributed by atoms with Gasteiger partial charge in [0.25, 0.3) is 0 Å². The minimum atomic E-state index is -0.877. The fourth-order valence-electron chi connectivity index (χ4n) is 11.3. The summed E-state index contributed by atoms with van der Waals surface area (Å²) in [5.41, 5.74) is 15.3. The lowest BCUT2D eigenvalue weighted by Crippen LogP contribution is -2.21. The van der Waals surface area contributed by atoms with Crippen LogP contribution >= 0.6 is 0 Å². The molecule has 8 bridgehead atoms. The zero-order chi connectivity index (χ0) is 62.8. The largest absolute Gasteiger partial charge is 0.511 e. The number of carboxylic acid groups (broad SMARTS) is 1. The first-order chi connectivity index (χ1) is 42.8. The second kappa shape index (κ2) is 36.2. The van der Waals surface area contributed by atoms with Crippen LogP contribution in [0.4, 0.5) is 0 Å². The molecule has 0 aromatic heterocycles. The zero-order valence-electron chi connectivity index (χ0n) is 53.1. The number of carbonyl (C=O) groups is 2. The van der Waals surface area contributed by atoms with E-state index in [2.05, 4.69) is 65.5 Å². The van der Waals surface area contributed by atoms with Crippen molar-refractivity contribution >= 4 is 29.1 Å². The molecule has 20 nitrogen and oxygen atoms in total. The van der Waals surface area contributed by atoms with Gasteiger partial charge in [-0.3, -0.25) is 14.6 Å². The fourth-order valence-corrected chi connectivity index (χ4v) is 11.3. The molecule has 0 radical (unpaired) electrons. The molecular weight excluding hydrogens is 1130 g/mol. The number of allylic oxidation sites excluding steroid dienone is 13. The van der Waals surface area contributed by atoms with E-state index in [9.17, 15) is 19.8 Å². The summed E-state index contributed by atoms with van der Waals surface area (Å²) in [4.78, 5) is 42.0. The van der Waals surface area contributed by atoms with E-state index < -0.39 is 11.9 Å². The molecule has 4 heterocycles. The topological polar surface area (TPSA) is 232 Å². The highest BCUT2D eigenvalue weighted by molar-refractivity contribution is 6.20. The van der Waals surface area contributed by atoms with Crippen molar-refractivity contribution in [1.82, 2.24) is 0 Å². The Labute approximate surface area is 519 Å². The number of methoxy groups -OCH3 is 3. The molecular formula is C68H91N3O17. The Morgan fingerprint density at radius 3 is 1.72 bits per heavy atom. The minimum absolute atomic E-state index is 0.00134. The maximum atomic E-state index is 14.3. The summed E-state index contributed by atoms with van der Waals surface area (Å²) in [5, 5.41) is 21.4. The number of hydrogen-bond acceptors (Lipinski definition) is 19. The lowest BCUT2D eigenvalue weighted by molar-refractivity contribution is -0.145. The van der Waals surface area contributed by atoms with Gasteiger partial charge in [-0.1, -0.05) is 32.6 Å². The zero-order valence-corrected chi connectivity index (χ0v) is 53.1. The van der Waals surface area contributed by atoms with E-state index in [-0.39, 0.29) is 70.9 Å². The molecule has 4 aliphatic heterocycles. The molecule has 0 fully saturated rings. The smallest absolute Gasteiger partial charge is 0.306 e. The molecule has 6 aliphatic rings. The van der Waals surface area contributed by atoms with Crippen molar-refractivity contribution in [2.75, 3.05) is 140 Å². The van der Waals surface area contributed by atoms with Gasteiger partial charge in [-0.2, -0.15) is 0 Å².